The van der Waals surface area contributed by atoms with Gasteiger partial charge in [0.25, 0.3) is 5.91 Å². The third-order valence-electron chi connectivity index (χ3n) is 5.55. The predicted molar refractivity (Wildman–Crippen MR) is 109 cm³/mol. The summed E-state index contributed by atoms with van der Waals surface area (Å²) in [5, 5.41) is 3.07. The van der Waals surface area contributed by atoms with E-state index in [1.807, 2.05) is 32.0 Å². The fourth-order valence-corrected chi connectivity index (χ4v) is 4.21. The number of carbonyl (C=O) groups excluding carboxylic acids is 2. The number of amides is 1. The van der Waals surface area contributed by atoms with Gasteiger partial charge in [0.2, 0.25) is 0 Å². The number of aryl methyl sites for hydroxylation is 1. The lowest BCUT2D eigenvalue weighted by molar-refractivity contribution is 0.0932. The van der Waals surface area contributed by atoms with Crippen LogP contribution in [-0.2, 0) is 0 Å². The number of para-hydroxylation sites is 1. The van der Waals surface area contributed by atoms with Gasteiger partial charge < -0.3 is 15.0 Å². The molecule has 6 nitrogen and oxygen atoms in total. The van der Waals surface area contributed by atoms with Crippen molar-refractivity contribution >= 4 is 11.7 Å². The second-order valence-corrected chi connectivity index (χ2v) is 7.39. The van der Waals surface area contributed by atoms with Gasteiger partial charge in [-0.1, -0.05) is 18.2 Å². The van der Waals surface area contributed by atoms with E-state index >= 15 is 0 Å². The largest absolute Gasteiger partial charge is 0.496 e. The van der Waals surface area contributed by atoms with E-state index in [2.05, 4.69) is 21.3 Å². The molecule has 1 fully saturated rings. The molecule has 3 rings (SSSR count). The molecule has 0 aliphatic carbocycles. The Labute approximate surface area is 166 Å². The second kappa shape index (κ2) is 8.61. The van der Waals surface area contributed by atoms with Crippen LogP contribution in [0.15, 0.2) is 24.3 Å². The normalized spacial score (nSPS) is 15.4. The van der Waals surface area contributed by atoms with Crippen LogP contribution in [-0.4, -0.2) is 48.3 Å². The van der Waals surface area contributed by atoms with E-state index in [4.69, 9.17) is 4.74 Å². The van der Waals surface area contributed by atoms with Gasteiger partial charge in [0.05, 0.1) is 13.2 Å². The highest BCUT2D eigenvalue weighted by Gasteiger charge is 2.27. The van der Waals surface area contributed by atoms with Crippen molar-refractivity contribution in [3.8, 4) is 5.75 Å². The van der Waals surface area contributed by atoms with E-state index in [0.717, 1.165) is 42.9 Å². The number of likely N-dealkylation sites (tertiary alicyclic amines) is 1. The van der Waals surface area contributed by atoms with Crippen molar-refractivity contribution in [2.24, 2.45) is 0 Å². The first-order valence-corrected chi connectivity index (χ1v) is 9.79. The molecule has 0 bridgehead atoms. The Morgan fingerprint density at radius 1 is 1.21 bits per heavy atom. The van der Waals surface area contributed by atoms with E-state index in [1.165, 1.54) is 6.92 Å². The number of carbonyl (C=O) groups is 2. The minimum Gasteiger partial charge on any atom is -0.496 e. The summed E-state index contributed by atoms with van der Waals surface area (Å²) < 4.78 is 5.56. The summed E-state index contributed by atoms with van der Waals surface area (Å²) in [6.45, 7) is 7.65. The topological polar surface area (TPSA) is 74.4 Å². The highest BCUT2D eigenvalue weighted by atomic mass is 16.5. The molecular formula is C22H29N3O3. The maximum absolute atomic E-state index is 12.9. The molecule has 1 aromatic carbocycles. The average Bonchev–Trinajstić information content (AvgIpc) is 3.30. The minimum atomic E-state index is -0.188. The van der Waals surface area contributed by atoms with Gasteiger partial charge in [-0.3, -0.25) is 14.5 Å². The number of nitrogens with one attached hydrogen (secondary N) is 2. The van der Waals surface area contributed by atoms with Crippen LogP contribution in [0.4, 0.5) is 0 Å². The smallest absolute Gasteiger partial charge is 0.268 e. The Morgan fingerprint density at radius 3 is 2.50 bits per heavy atom. The maximum Gasteiger partial charge on any atom is 0.268 e. The number of hydrogen-bond acceptors (Lipinski definition) is 4. The number of benzene rings is 1. The van der Waals surface area contributed by atoms with Crippen LogP contribution in [0.2, 0.25) is 0 Å². The molecule has 1 atom stereocenters. The number of Topliss-reactive ketones (excluding diaryl/α,β-unsaturated/α-hetero) is 1. The summed E-state index contributed by atoms with van der Waals surface area (Å²) >= 11 is 0. The number of H-pyrrole nitrogens is 1. The Bertz CT molecular complexity index is 866. The van der Waals surface area contributed by atoms with Crippen molar-refractivity contribution in [1.29, 1.82) is 0 Å². The molecule has 2 aromatic rings. The minimum absolute atomic E-state index is 0.0331. The summed E-state index contributed by atoms with van der Waals surface area (Å²) in [7, 11) is 1.67. The molecule has 1 saturated heterocycles. The highest BCUT2D eigenvalue weighted by molar-refractivity contribution is 6.02. The van der Waals surface area contributed by atoms with Gasteiger partial charge in [-0.05, 0) is 58.3 Å². The summed E-state index contributed by atoms with van der Waals surface area (Å²) in [6.07, 6.45) is 2.33. The van der Waals surface area contributed by atoms with Gasteiger partial charge in [0.15, 0.2) is 5.78 Å². The molecule has 0 saturated carbocycles. The Balaban J connectivity index is 1.82. The van der Waals surface area contributed by atoms with E-state index in [0.29, 0.717) is 23.4 Å². The third kappa shape index (κ3) is 3.97. The molecule has 6 heteroatoms. The van der Waals surface area contributed by atoms with Crippen molar-refractivity contribution < 1.29 is 14.3 Å². The fourth-order valence-electron chi connectivity index (χ4n) is 4.21. The number of ketones is 1. The number of hydrogen-bond donors (Lipinski definition) is 2. The molecule has 1 aliphatic heterocycles. The average molecular weight is 383 g/mol. The molecule has 0 unspecified atom stereocenters. The molecule has 28 heavy (non-hydrogen) atoms. The van der Waals surface area contributed by atoms with Gasteiger partial charge >= 0.3 is 0 Å². The second-order valence-electron chi connectivity index (χ2n) is 7.39. The van der Waals surface area contributed by atoms with E-state index in [1.54, 1.807) is 7.11 Å². The monoisotopic (exact) mass is 383 g/mol. The molecule has 1 amide bonds. The van der Waals surface area contributed by atoms with Crippen LogP contribution in [0.5, 0.6) is 5.75 Å². The zero-order chi connectivity index (χ0) is 20.3. The van der Waals surface area contributed by atoms with Crippen LogP contribution >= 0.6 is 0 Å². The Kier molecular flexibility index (Phi) is 6.19. The summed E-state index contributed by atoms with van der Waals surface area (Å²) in [6, 6.07) is 8.02. The van der Waals surface area contributed by atoms with Crippen molar-refractivity contribution in [3.05, 3.63) is 52.3 Å². The Morgan fingerprint density at radius 2 is 1.89 bits per heavy atom. The molecule has 0 spiro atoms. The molecular weight excluding hydrogens is 354 g/mol. The maximum atomic E-state index is 12.9. The lowest BCUT2D eigenvalue weighted by Crippen LogP contribution is -2.37. The molecule has 2 heterocycles. The fraction of sp³-hybridized carbons (Fsp3) is 0.455. The number of nitrogens with zero attached hydrogens (tertiary/aromatic N) is 1. The highest BCUT2D eigenvalue weighted by Crippen LogP contribution is 2.31. The zero-order valence-corrected chi connectivity index (χ0v) is 17.1. The number of rotatable bonds is 7. The number of aromatic amines is 1. The van der Waals surface area contributed by atoms with Crippen molar-refractivity contribution in [3.63, 3.8) is 0 Å². The van der Waals surface area contributed by atoms with Gasteiger partial charge in [0.1, 0.15) is 11.4 Å². The lowest BCUT2D eigenvalue weighted by atomic mass is 10.0. The third-order valence-corrected chi connectivity index (χ3v) is 5.55. The summed E-state index contributed by atoms with van der Waals surface area (Å²) in [5.74, 6) is 0.612. The van der Waals surface area contributed by atoms with Crippen LogP contribution < -0.4 is 10.1 Å². The Hall–Kier alpha value is -2.60. The SMILES string of the molecule is COc1ccccc1[C@@H](CNC(=O)c1[nH]c(C)c(C(C)=O)c1C)N1CCCC1. The lowest BCUT2D eigenvalue weighted by Gasteiger charge is -2.29. The van der Waals surface area contributed by atoms with Gasteiger partial charge in [-0.25, -0.2) is 0 Å². The van der Waals surface area contributed by atoms with Crippen molar-refractivity contribution in [2.75, 3.05) is 26.7 Å². The van der Waals surface area contributed by atoms with Crippen LogP contribution in [0.25, 0.3) is 0 Å². The first-order chi connectivity index (χ1) is 13.4. The standard InChI is InChI=1S/C22H29N3O3/c1-14-20(16(3)26)15(2)24-21(14)22(27)23-13-18(25-11-7-8-12-25)17-9-5-6-10-19(17)28-4/h5-6,9-10,18,24H,7-8,11-13H2,1-4H3,(H,23,27)/t18-/m1/s1. The number of methoxy groups -OCH3 is 1. The first kappa shape index (κ1) is 20.1. The van der Waals surface area contributed by atoms with Crippen LogP contribution in [0.3, 0.4) is 0 Å². The van der Waals surface area contributed by atoms with E-state index in [-0.39, 0.29) is 17.7 Å². The molecule has 0 radical (unpaired) electrons. The van der Waals surface area contributed by atoms with Crippen LogP contribution in [0, 0.1) is 13.8 Å². The molecule has 2 N–H and O–H groups in total. The van der Waals surface area contributed by atoms with Gasteiger partial charge in [-0.2, -0.15) is 0 Å². The number of aromatic nitrogens is 1. The van der Waals surface area contributed by atoms with E-state index in [9.17, 15) is 9.59 Å². The van der Waals surface area contributed by atoms with E-state index < -0.39 is 0 Å². The predicted octanol–water partition coefficient (Wildman–Crippen LogP) is 3.41. The molecule has 1 aliphatic rings. The summed E-state index contributed by atoms with van der Waals surface area (Å²) in [4.78, 5) is 30.2. The first-order valence-electron chi connectivity index (χ1n) is 9.79. The molecule has 1 aromatic heterocycles. The molecule has 150 valence electrons. The quantitative estimate of drug-likeness (QED) is 0.719. The van der Waals surface area contributed by atoms with Crippen molar-refractivity contribution in [2.45, 2.75) is 39.7 Å². The van der Waals surface area contributed by atoms with Gasteiger partial charge in [-0.15, -0.1) is 0 Å². The van der Waals surface area contributed by atoms with Crippen molar-refractivity contribution in [1.82, 2.24) is 15.2 Å². The summed E-state index contributed by atoms with van der Waals surface area (Å²) in [5.41, 5.74) is 3.58. The van der Waals surface area contributed by atoms with Crippen LogP contribution in [0.1, 0.15) is 63.5 Å². The number of ether oxygens (including phenoxy) is 1. The van der Waals surface area contributed by atoms with Gasteiger partial charge in [0, 0.05) is 23.4 Å². The zero-order valence-electron chi connectivity index (χ0n) is 17.1.